The third kappa shape index (κ3) is 74.4. The first kappa shape index (κ1) is 20.5. The summed E-state index contributed by atoms with van der Waals surface area (Å²) >= 11 is 0. The lowest BCUT2D eigenvalue weighted by Gasteiger charge is -1.94. The standard InChI is InChI=1S/C6H11NO.C2H7N.H2O4S/c1-3-5-7-6(8)4-2;1-3-2;1-5(2,3)4/h4H,2-3,5H2,1H3,(H,7,8);3H,1-2H3;(H2,1,2,3,4). The van der Waals surface area contributed by atoms with Gasteiger partial charge < -0.3 is 10.6 Å². The van der Waals surface area contributed by atoms with Crippen molar-refractivity contribution >= 4 is 16.3 Å². The number of rotatable bonds is 3. The molecular weight excluding hydrogens is 236 g/mol. The Morgan fingerprint density at radius 3 is 1.88 bits per heavy atom. The van der Waals surface area contributed by atoms with E-state index in [0.717, 1.165) is 13.0 Å². The molecular formula is C8H20N2O5S. The fourth-order valence-corrected chi connectivity index (χ4v) is 0.320. The fraction of sp³-hybridized carbons (Fsp3) is 0.625. The molecule has 0 saturated heterocycles. The van der Waals surface area contributed by atoms with E-state index >= 15 is 0 Å². The monoisotopic (exact) mass is 256 g/mol. The van der Waals surface area contributed by atoms with Crippen molar-refractivity contribution < 1.29 is 22.3 Å². The second-order valence-corrected chi connectivity index (χ2v) is 3.34. The summed E-state index contributed by atoms with van der Waals surface area (Å²) in [4.78, 5) is 10.3. The minimum absolute atomic E-state index is 0.0909. The molecule has 0 radical (unpaired) electrons. The zero-order valence-corrected chi connectivity index (χ0v) is 10.5. The molecule has 4 N–H and O–H groups in total. The van der Waals surface area contributed by atoms with Gasteiger partial charge in [-0.2, -0.15) is 8.42 Å². The molecule has 0 fully saturated rings. The molecule has 0 aliphatic rings. The first-order valence-electron chi connectivity index (χ1n) is 4.41. The van der Waals surface area contributed by atoms with Crippen molar-refractivity contribution in [1.82, 2.24) is 10.6 Å². The SMILES string of the molecule is C=CC(=O)NCCC.CNC.O=S(=O)(O)O. The van der Waals surface area contributed by atoms with Gasteiger partial charge in [0.15, 0.2) is 0 Å². The topological polar surface area (TPSA) is 116 Å². The third-order valence-corrected chi connectivity index (χ3v) is 0.735. The Morgan fingerprint density at radius 2 is 1.69 bits per heavy atom. The highest BCUT2D eigenvalue weighted by atomic mass is 32.3. The van der Waals surface area contributed by atoms with Gasteiger partial charge in [0.05, 0.1) is 0 Å². The Morgan fingerprint density at radius 1 is 1.38 bits per heavy atom. The van der Waals surface area contributed by atoms with Crippen LogP contribution < -0.4 is 10.6 Å². The Hall–Kier alpha value is -0.960. The maximum Gasteiger partial charge on any atom is 0.394 e. The van der Waals surface area contributed by atoms with E-state index in [1.165, 1.54) is 6.08 Å². The number of hydrogen-bond acceptors (Lipinski definition) is 4. The largest absolute Gasteiger partial charge is 0.394 e. The molecule has 98 valence electrons. The number of carbonyl (C=O) groups excluding carboxylic acids is 1. The summed E-state index contributed by atoms with van der Waals surface area (Å²) in [6.07, 6.45) is 2.25. The molecule has 0 aromatic heterocycles. The van der Waals surface area contributed by atoms with Crippen molar-refractivity contribution in [2.24, 2.45) is 0 Å². The molecule has 0 saturated carbocycles. The van der Waals surface area contributed by atoms with Crippen LogP contribution in [0.1, 0.15) is 13.3 Å². The Bertz CT molecular complexity index is 256. The highest BCUT2D eigenvalue weighted by Gasteiger charge is 1.86. The Kier molecular flexibility index (Phi) is 17.9. The zero-order valence-electron chi connectivity index (χ0n) is 9.73. The predicted octanol–water partition coefficient (Wildman–Crippen LogP) is -0.119. The molecule has 1 amide bonds. The van der Waals surface area contributed by atoms with Crippen molar-refractivity contribution in [1.29, 1.82) is 0 Å². The number of carbonyl (C=O) groups is 1. The smallest absolute Gasteiger partial charge is 0.353 e. The van der Waals surface area contributed by atoms with Crippen LogP contribution in [0.3, 0.4) is 0 Å². The molecule has 0 heterocycles. The van der Waals surface area contributed by atoms with E-state index in [4.69, 9.17) is 17.5 Å². The number of nitrogens with one attached hydrogen (secondary N) is 2. The van der Waals surface area contributed by atoms with Gasteiger partial charge in [-0.25, -0.2) is 0 Å². The first-order chi connectivity index (χ1) is 7.22. The van der Waals surface area contributed by atoms with E-state index in [1.54, 1.807) is 0 Å². The Labute approximate surface area is 96.5 Å². The van der Waals surface area contributed by atoms with Crippen molar-refractivity contribution in [2.45, 2.75) is 13.3 Å². The summed E-state index contributed by atoms with van der Waals surface area (Å²) in [6, 6.07) is 0. The van der Waals surface area contributed by atoms with Crippen LogP contribution in [0.4, 0.5) is 0 Å². The summed E-state index contributed by atoms with van der Waals surface area (Å²) in [5.74, 6) is -0.0909. The van der Waals surface area contributed by atoms with Gasteiger partial charge >= 0.3 is 10.4 Å². The maximum atomic E-state index is 10.3. The molecule has 0 unspecified atom stereocenters. The van der Waals surface area contributed by atoms with E-state index in [1.807, 2.05) is 21.0 Å². The van der Waals surface area contributed by atoms with Crippen LogP contribution in [0, 0.1) is 0 Å². The molecule has 0 spiro atoms. The van der Waals surface area contributed by atoms with Crippen molar-refractivity contribution in [3.05, 3.63) is 12.7 Å². The van der Waals surface area contributed by atoms with Crippen LogP contribution in [0.2, 0.25) is 0 Å². The average Bonchev–Trinajstić information content (AvgIpc) is 2.12. The fourth-order valence-electron chi connectivity index (χ4n) is 0.320. The average molecular weight is 256 g/mol. The molecule has 0 aromatic rings. The van der Waals surface area contributed by atoms with Gasteiger partial charge in [-0.1, -0.05) is 13.5 Å². The molecule has 0 bridgehead atoms. The molecule has 0 rings (SSSR count). The minimum atomic E-state index is -4.67. The van der Waals surface area contributed by atoms with Crippen LogP contribution in [0.15, 0.2) is 12.7 Å². The number of amides is 1. The van der Waals surface area contributed by atoms with Gasteiger partial charge in [-0.15, -0.1) is 0 Å². The second kappa shape index (κ2) is 14.0. The van der Waals surface area contributed by atoms with Gasteiger partial charge in [0.1, 0.15) is 0 Å². The zero-order chi connectivity index (χ0) is 13.6. The highest BCUT2D eigenvalue weighted by Crippen LogP contribution is 1.70. The lowest BCUT2D eigenvalue weighted by atomic mass is 10.4. The van der Waals surface area contributed by atoms with Gasteiger partial charge in [0.2, 0.25) is 5.91 Å². The summed E-state index contributed by atoms with van der Waals surface area (Å²) in [5.41, 5.74) is 0. The lowest BCUT2D eigenvalue weighted by Crippen LogP contribution is -2.20. The predicted molar refractivity (Wildman–Crippen MR) is 62.7 cm³/mol. The first-order valence-corrected chi connectivity index (χ1v) is 5.81. The van der Waals surface area contributed by atoms with E-state index < -0.39 is 10.4 Å². The second-order valence-electron chi connectivity index (χ2n) is 2.44. The van der Waals surface area contributed by atoms with E-state index in [0.29, 0.717) is 0 Å². The number of hydrogen-bond donors (Lipinski definition) is 4. The normalized spacial score (nSPS) is 8.81. The van der Waals surface area contributed by atoms with E-state index in [9.17, 15) is 4.79 Å². The molecule has 0 atom stereocenters. The highest BCUT2D eigenvalue weighted by molar-refractivity contribution is 7.79. The van der Waals surface area contributed by atoms with E-state index in [2.05, 4.69) is 17.2 Å². The van der Waals surface area contributed by atoms with Gasteiger partial charge in [0, 0.05) is 6.54 Å². The van der Waals surface area contributed by atoms with Crippen LogP contribution in [-0.4, -0.2) is 44.1 Å². The minimum Gasteiger partial charge on any atom is -0.353 e. The molecule has 7 nitrogen and oxygen atoms in total. The maximum absolute atomic E-state index is 10.3. The Balaban J connectivity index is -0.000000181. The van der Waals surface area contributed by atoms with Crippen molar-refractivity contribution in [3.63, 3.8) is 0 Å². The van der Waals surface area contributed by atoms with Gasteiger partial charge in [0.25, 0.3) is 0 Å². The molecule has 0 aromatic carbocycles. The lowest BCUT2D eigenvalue weighted by molar-refractivity contribution is -0.116. The van der Waals surface area contributed by atoms with E-state index in [-0.39, 0.29) is 5.91 Å². The third-order valence-electron chi connectivity index (χ3n) is 0.735. The molecule has 8 heteroatoms. The van der Waals surface area contributed by atoms with Crippen molar-refractivity contribution in [2.75, 3.05) is 20.6 Å². The quantitative estimate of drug-likeness (QED) is 0.413. The summed E-state index contributed by atoms with van der Waals surface area (Å²) in [6.45, 7) is 6.05. The van der Waals surface area contributed by atoms with Crippen LogP contribution in [0.25, 0.3) is 0 Å². The van der Waals surface area contributed by atoms with Crippen molar-refractivity contribution in [3.8, 4) is 0 Å². The van der Waals surface area contributed by atoms with Crippen LogP contribution in [-0.2, 0) is 15.2 Å². The summed E-state index contributed by atoms with van der Waals surface area (Å²) in [7, 11) is -0.917. The molecule has 16 heavy (non-hydrogen) atoms. The van der Waals surface area contributed by atoms with Crippen LogP contribution >= 0.6 is 0 Å². The van der Waals surface area contributed by atoms with Crippen LogP contribution in [0.5, 0.6) is 0 Å². The van der Waals surface area contributed by atoms with Gasteiger partial charge in [-0.05, 0) is 26.6 Å². The molecule has 0 aliphatic heterocycles. The summed E-state index contributed by atoms with van der Waals surface area (Å²) < 4.78 is 31.6. The van der Waals surface area contributed by atoms with Gasteiger partial charge in [-0.3, -0.25) is 13.9 Å². The molecule has 0 aliphatic carbocycles. The summed E-state index contributed by atoms with van der Waals surface area (Å²) in [5, 5.41) is 5.38.